The number of nitrogen functional groups attached to an aromatic ring is 1. The van der Waals surface area contributed by atoms with Gasteiger partial charge in [0.1, 0.15) is 18.0 Å². The summed E-state index contributed by atoms with van der Waals surface area (Å²) in [6.45, 7) is 4.16. The van der Waals surface area contributed by atoms with Gasteiger partial charge < -0.3 is 16.1 Å². The summed E-state index contributed by atoms with van der Waals surface area (Å²) >= 11 is 0. The van der Waals surface area contributed by atoms with Crippen LogP contribution in [0.2, 0.25) is 0 Å². The lowest BCUT2D eigenvalue weighted by Gasteiger charge is -2.23. The third-order valence-corrected chi connectivity index (χ3v) is 2.37. The van der Waals surface area contributed by atoms with Gasteiger partial charge >= 0.3 is 0 Å². The Morgan fingerprint density at radius 3 is 2.65 bits per heavy atom. The van der Waals surface area contributed by atoms with Crippen molar-refractivity contribution in [2.45, 2.75) is 13.8 Å². The van der Waals surface area contributed by atoms with Crippen molar-refractivity contribution in [3.63, 3.8) is 0 Å². The Morgan fingerprint density at radius 2 is 2.06 bits per heavy atom. The lowest BCUT2D eigenvalue weighted by Crippen LogP contribution is -2.39. The number of rotatable bonds is 5. The Morgan fingerprint density at radius 1 is 1.41 bits per heavy atom. The number of amides is 1. The van der Waals surface area contributed by atoms with Crippen LogP contribution in [0.1, 0.15) is 13.8 Å². The molecule has 1 aromatic heterocycles. The van der Waals surface area contributed by atoms with Gasteiger partial charge in [-0.2, -0.15) is 0 Å². The number of hydrogen-bond acceptors (Lipinski definition) is 6. The van der Waals surface area contributed by atoms with Crippen LogP contribution >= 0.6 is 0 Å². The Labute approximate surface area is 100 Å². The lowest BCUT2D eigenvalue weighted by molar-refractivity contribution is -0.128. The molecular formula is C10H18N6O. The molecule has 5 N–H and O–H groups in total. The summed E-state index contributed by atoms with van der Waals surface area (Å²) in [7, 11) is 1.62. The van der Waals surface area contributed by atoms with Crippen LogP contribution < -0.4 is 21.9 Å². The maximum absolute atomic E-state index is 11.6. The number of anilines is 2. The topological polar surface area (TPSA) is 105 Å². The summed E-state index contributed by atoms with van der Waals surface area (Å²) in [5.74, 6) is 6.34. The zero-order chi connectivity index (χ0) is 12.9. The molecule has 0 unspecified atom stereocenters. The maximum Gasteiger partial charge on any atom is 0.227 e. The van der Waals surface area contributed by atoms with Crippen molar-refractivity contribution >= 4 is 17.5 Å². The molecule has 7 heteroatoms. The first kappa shape index (κ1) is 13.2. The van der Waals surface area contributed by atoms with Crippen LogP contribution in [-0.2, 0) is 4.79 Å². The number of nitrogens with one attached hydrogen (secondary N) is 3. The molecule has 0 fully saturated rings. The molecule has 0 radical (unpaired) electrons. The largest absolute Gasteiger partial charge is 0.369 e. The van der Waals surface area contributed by atoms with Gasteiger partial charge in [-0.25, -0.2) is 15.8 Å². The molecule has 0 atom stereocenters. The predicted molar refractivity (Wildman–Crippen MR) is 66.2 cm³/mol. The molecule has 0 aliphatic heterocycles. The number of aromatic nitrogens is 2. The molecule has 1 amide bonds. The van der Waals surface area contributed by atoms with E-state index in [2.05, 4.69) is 26.0 Å². The Kier molecular flexibility index (Phi) is 4.22. The van der Waals surface area contributed by atoms with E-state index in [9.17, 15) is 4.79 Å². The third kappa shape index (κ3) is 3.56. The molecule has 0 saturated carbocycles. The third-order valence-electron chi connectivity index (χ3n) is 2.37. The van der Waals surface area contributed by atoms with Crippen LogP contribution in [-0.4, -0.2) is 29.5 Å². The number of hydrazine groups is 1. The van der Waals surface area contributed by atoms with E-state index in [0.717, 1.165) is 0 Å². The van der Waals surface area contributed by atoms with Gasteiger partial charge in [0.25, 0.3) is 0 Å². The van der Waals surface area contributed by atoms with Crippen molar-refractivity contribution in [2.24, 2.45) is 11.3 Å². The van der Waals surface area contributed by atoms with E-state index >= 15 is 0 Å². The van der Waals surface area contributed by atoms with E-state index in [1.54, 1.807) is 13.1 Å². The molecule has 0 aromatic carbocycles. The summed E-state index contributed by atoms with van der Waals surface area (Å²) in [5.41, 5.74) is 1.91. The quantitative estimate of drug-likeness (QED) is 0.423. The standard InChI is InChI=1S/C10H18N6O/c1-10(2,9(17)12-3)5-13-7-4-8(16-11)15-6-14-7/h4,6H,5,11H2,1-3H3,(H,12,17)(H2,13,14,15,16). The van der Waals surface area contributed by atoms with Gasteiger partial charge in [0.2, 0.25) is 5.91 Å². The Bertz CT molecular complexity index is 392. The molecule has 0 saturated heterocycles. The second-order valence-electron chi connectivity index (χ2n) is 4.25. The highest BCUT2D eigenvalue weighted by Crippen LogP contribution is 2.16. The highest BCUT2D eigenvalue weighted by atomic mass is 16.2. The average molecular weight is 238 g/mol. The van der Waals surface area contributed by atoms with Crippen LogP contribution in [0.5, 0.6) is 0 Å². The molecule has 0 bridgehead atoms. The molecule has 0 aliphatic carbocycles. The van der Waals surface area contributed by atoms with Crippen molar-refractivity contribution in [1.82, 2.24) is 15.3 Å². The van der Waals surface area contributed by atoms with Gasteiger partial charge in [0, 0.05) is 19.7 Å². The number of hydrogen-bond donors (Lipinski definition) is 4. The molecule has 1 heterocycles. The van der Waals surface area contributed by atoms with Gasteiger partial charge in [-0.3, -0.25) is 4.79 Å². The summed E-state index contributed by atoms with van der Waals surface area (Å²) < 4.78 is 0. The van der Waals surface area contributed by atoms with E-state index in [0.29, 0.717) is 18.2 Å². The molecule has 1 aromatic rings. The number of nitrogens with zero attached hydrogens (tertiary/aromatic N) is 2. The minimum absolute atomic E-state index is 0.0313. The normalized spacial score (nSPS) is 10.8. The monoisotopic (exact) mass is 238 g/mol. The van der Waals surface area contributed by atoms with Crippen LogP contribution in [0.15, 0.2) is 12.4 Å². The summed E-state index contributed by atoms with van der Waals surface area (Å²) in [4.78, 5) is 19.5. The molecule has 0 spiro atoms. The summed E-state index contributed by atoms with van der Waals surface area (Å²) in [5, 5.41) is 5.69. The predicted octanol–water partition coefficient (Wildman–Crippen LogP) is -0.0537. The Hall–Kier alpha value is -1.89. The number of carbonyl (C=O) groups is 1. The van der Waals surface area contributed by atoms with E-state index in [1.165, 1.54) is 6.33 Å². The zero-order valence-corrected chi connectivity index (χ0v) is 10.2. The maximum atomic E-state index is 11.6. The van der Waals surface area contributed by atoms with Crippen LogP contribution in [0.3, 0.4) is 0 Å². The SMILES string of the molecule is CNC(=O)C(C)(C)CNc1cc(NN)ncn1. The molecular weight excluding hydrogens is 220 g/mol. The lowest BCUT2D eigenvalue weighted by atomic mass is 9.92. The zero-order valence-electron chi connectivity index (χ0n) is 10.2. The van der Waals surface area contributed by atoms with Crippen molar-refractivity contribution in [2.75, 3.05) is 24.3 Å². The summed E-state index contributed by atoms with van der Waals surface area (Å²) in [6.07, 6.45) is 1.39. The number of nitrogens with two attached hydrogens (primary N) is 1. The molecule has 1 rings (SSSR count). The van der Waals surface area contributed by atoms with Gasteiger partial charge in [0.15, 0.2) is 0 Å². The van der Waals surface area contributed by atoms with Crippen molar-refractivity contribution < 1.29 is 4.79 Å². The second-order valence-corrected chi connectivity index (χ2v) is 4.25. The van der Waals surface area contributed by atoms with E-state index in [-0.39, 0.29) is 5.91 Å². The van der Waals surface area contributed by atoms with Crippen molar-refractivity contribution in [3.05, 3.63) is 12.4 Å². The second kappa shape index (κ2) is 5.44. The average Bonchev–Trinajstić information content (AvgIpc) is 2.35. The number of carbonyl (C=O) groups excluding carboxylic acids is 1. The van der Waals surface area contributed by atoms with Crippen LogP contribution in [0, 0.1) is 5.41 Å². The highest BCUT2D eigenvalue weighted by Gasteiger charge is 2.26. The minimum Gasteiger partial charge on any atom is -0.369 e. The van der Waals surface area contributed by atoms with Crippen molar-refractivity contribution in [3.8, 4) is 0 Å². The first-order chi connectivity index (χ1) is 7.99. The van der Waals surface area contributed by atoms with E-state index in [1.807, 2.05) is 13.8 Å². The van der Waals surface area contributed by atoms with E-state index in [4.69, 9.17) is 5.84 Å². The molecule has 94 valence electrons. The van der Waals surface area contributed by atoms with E-state index < -0.39 is 5.41 Å². The van der Waals surface area contributed by atoms with Gasteiger partial charge in [-0.05, 0) is 13.8 Å². The molecule has 0 aliphatic rings. The first-order valence-electron chi connectivity index (χ1n) is 5.24. The van der Waals surface area contributed by atoms with Gasteiger partial charge in [0.05, 0.1) is 5.41 Å². The smallest absolute Gasteiger partial charge is 0.227 e. The summed E-state index contributed by atoms with van der Waals surface area (Å²) in [6, 6.07) is 1.67. The van der Waals surface area contributed by atoms with Gasteiger partial charge in [-0.15, -0.1) is 0 Å². The fourth-order valence-corrected chi connectivity index (χ4v) is 1.26. The fourth-order valence-electron chi connectivity index (χ4n) is 1.26. The van der Waals surface area contributed by atoms with Gasteiger partial charge in [-0.1, -0.05) is 0 Å². The minimum atomic E-state index is -0.518. The van der Waals surface area contributed by atoms with Crippen molar-refractivity contribution in [1.29, 1.82) is 0 Å². The van der Waals surface area contributed by atoms with Crippen LogP contribution in [0.4, 0.5) is 11.6 Å². The molecule has 7 nitrogen and oxygen atoms in total. The molecule has 17 heavy (non-hydrogen) atoms. The fraction of sp³-hybridized carbons (Fsp3) is 0.500. The first-order valence-corrected chi connectivity index (χ1v) is 5.24. The highest BCUT2D eigenvalue weighted by molar-refractivity contribution is 5.82. The Balaban J connectivity index is 2.63. The van der Waals surface area contributed by atoms with Crippen LogP contribution in [0.25, 0.3) is 0 Å².